The molecule has 0 spiro atoms. The highest BCUT2D eigenvalue weighted by molar-refractivity contribution is 7.09. The molecule has 25 heavy (non-hydrogen) atoms. The van der Waals surface area contributed by atoms with Gasteiger partial charge < -0.3 is 15.5 Å². The summed E-state index contributed by atoms with van der Waals surface area (Å²) in [7, 11) is 0. The van der Waals surface area contributed by atoms with Crippen LogP contribution in [0.2, 0.25) is 0 Å². The zero-order chi connectivity index (χ0) is 17.8. The highest BCUT2D eigenvalue weighted by Crippen LogP contribution is 2.27. The minimum atomic E-state index is -0.364. The molecule has 3 rings (SSSR count). The van der Waals surface area contributed by atoms with Crippen LogP contribution in [0.3, 0.4) is 0 Å². The molecule has 7 heteroatoms. The zero-order valence-electron chi connectivity index (χ0n) is 13.8. The Balaban J connectivity index is 1.63. The summed E-state index contributed by atoms with van der Waals surface area (Å²) in [4.78, 5) is 38.5. The van der Waals surface area contributed by atoms with Crippen molar-refractivity contribution < 1.29 is 14.4 Å². The molecule has 1 aromatic heterocycles. The Morgan fingerprint density at radius 1 is 1.28 bits per heavy atom. The van der Waals surface area contributed by atoms with Crippen LogP contribution in [-0.2, 0) is 20.9 Å². The van der Waals surface area contributed by atoms with Gasteiger partial charge in [0.1, 0.15) is 0 Å². The molecule has 0 aliphatic carbocycles. The van der Waals surface area contributed by atoms with Gasteiger partial charge in [0.2, 0.25) is 17.7 Å². The molecule has 2 heterocycles. The third kappa shape index (κ3) is 4.24. The smallest absolute Gasteiger partial charge is 0.227 e. The molecular formula is C18H19N3O3S. The summed E-state index contributed by atoms with van der Waals surface area (Å²) in [5, 5.41) is 7.55. The van der Waals surface area contributed by atoms with Gasteiger partial charge in [-0.2, -0.15) is 0 Å². The number of thiophene rings is 1. The van der Waals surface area contributed by atoms with Crippen LogP contribution in [-0.4, -0.2) is 24.3 Å². The van der Waals surface area contributed by atoms with Crippen molar-refractivity contribution in [3.63, 3.8) is 0 Å². The summed E-state index contributed by atoms with van der Waals surface area (Å²) in [6, 6.07) is 11.0. The third-order valence-corrected chi connectivity index (χ3v) is 4.87. The third-order valence-electron chi connectivity index (χ3n) is 3.99. The van der Waals surface area contributed by atoms with E-state index >= 15 is 0 Å². The van der Waals surface area contributed by atoms with Gasteiger partial charge in [-0.15, -0.1) is 11.3 Å². The second-order valence-corrected chi connectivity index (χ2v) is 6.97. The average molecular weight is 357 g/mol. The van der Waals surface area contributed by atoms with Gasteiger partial charge in [-0.1, -0.05) is 12.1 Å². The van der Waals surface area contributed by atoms with Crippen LogP contribution in [0.25, 0.3) is 0 Å². The molecule has 2 aromatic rings. The fourth-order valence-corrected chi connectivity index (χ4v) is 3.46. The standard InChI is InChI=1S/C18H19N3O3S/c1-12(22)20-14-4-2-5-15(9-14)21-11-13(8-17(21)23)18(24)19-10-16-6-3-7-25-16/h2-7,9,13H,8,10-11H2,1H3,(H,19,24)(H,20,22). The summed E-state index contributed by atoms with van der Waals surface area (Å²) >= 11 is 1.59. The monoisotopic (exact) mass is 357 g/mol. The normalized spacial score (nSPS) is 16.8. The van der Waals surface area contributed by atoms with Crippen molar-refractivity contribution in [1.82, 2.24) is 5.32 Å². The van der Waals surface area contributed by atoms with E-state index in [1.807, 2.05) is 17.5 Å². The molecule has 1 unspecified atom stereocenters. The number of amides is 3. The molecule has 1 aliphatic rings. The Bertz CT molecular complexity index is 789. The highest BCUT2D eigenvalue weighted by Gasteiger charge is 2.35. The summed E-state index contributed by atoms with van der Waals surface area (Å²) in [5.74, 6) is -0.730. The second-order valence-electron chi connectivity index (χ2n) is 5.93. The maximum atomic E-state index is 12.3. The van der Waals surface area contributed by atoms with Crippen molar-refractivity contribution in [2.45, 2.75) is 19.9 Å². The highest BCUT2D eigenvalue weighted by atomic mass is 32.1. The Kier molecular flexibility index (Phi) is 5.14. The van der Waals surface area contributed by atoms with Gasteiger partial charge in [0.25, 0.3) is 0 Å². The molecule has 6 nitrogen and oxygen atoms in total. The number of carbonyl (C=O) groups is 3. The van der Waals surface area contributed by atoms with E-state index in [4.69, 9.17) is 0 Å². The molecule has 1 aliphatic heterocycles. The number of rotatable bonds is 5. The Morgan fingerprint density at radius 3 is 2.84 bits per heavy atom. The molecule has 0 saturated carbocycles. The van der Waals surface area contributed by atoms with Crippen LogP contribution in [0.4, 0.5) is 11.4 Å². The van der Waals surface area contributed by atoms with Gasteiger partial charge in [0.05, 0.1) is 12.5 Å². The molecular weight excluding hydrogens is 338 g/mol. The summed E-state index contributed by atoms with van der Waals surface area (Å²) in [6.07, 6.45) is 0.195. The predicted octanol–water partition coefficient (Wildman–Crippen LogP) is 2.38. The lowest BCUT2D eigenvalue weighted by molar-refractivity contribution is -0.126. The number of benzene rings is 1. The van der Waals surface area contributed by atoms with Crippen molar-refractivity contribution in [2.24, 2.45) is 5.92 Å². The molecule has 0 bridgehead atoms. The van der Waals surface area contributed by atoms with Crippen molar-refractivity contribution in [3.8, 4) is 0 Å². The van der Waals surface area contributed by atoms with Gasteiger partial charge >= 0.3 is 0 Å². The fourth-order valence-electron chi connectivity index (χ4n) is 2.82. The van der Waals surface area contributed by atoms with E-state index in [0.717, 1.165) is 4.88 Å². The first-order valence-corrected chi connectivity index (χ1v) is 8.89. The Labute approximate surface area is 149 Å². The quantitative estimate of drug-likeness (QED) is 0.862. The van der Waals surface area contributed by atoms with Crippen LogP contribution >= 0.6 is 11.3 Å². The first-order chi connectivity index (χ1) is 12.0. The number of nitrogens with one attached hydrogen (secondary N) is 2. The molecule has 2 N–H and O–H groups in total. The predicted molar refractivity (Wildman–Crippen MR) is 97.4 cm³/mol. The zero-order valence-corrected chi connectivity index (χ0v) is 14.6. The van der Waals surface area contributed by atoms with Crippen LogP contribution in [0.15, 0.2) is 41.8 Å². The van der Waals surface area contributed by atoms with E-state index < -0.39 is 0 Å². The SMILES string of the molecule is CC(=O)Nc1cccc(N2CC(C(=O)NCc3cccs3)CC2=O)c1. The second kappa shape index (κ2) is 7.48. The van der Waals surface area contributed by atoms with Gasteiger partial charge in [0.15, 0.2) is 0 Å². The number of hydrogen-bond donors (Lipinski definition) is 2. The van der Waals surface area contributed by atoms with Crippen LogP contribution in [0, 0.1) is 5.92 Å². The first kappa shape index (κ1) is 17.2. The average Bonchev–Trinajstić information content (AvgIpc) is 3.21. The van der Waals surface area contributed by atoms with E-state index in [1.165, 1.54) is 6.92 Å². The van der Waals surface area contributed by atoms with Crippen molar-refractivity contribution >= 4 is 40.4 Å². The Morgan fingerprint density at radius 2 is 2.12 bits per heavy atom. The number of anilines is 2. The Hall–Kier alpha value is -2.67. The van der Waals surface area contributed by atoms with Crippen LogP contribution in [0.5, 0.6) is 0 Å². The lowest BCUT2D eigenvalue weighted by atomic mass is 10.1. The molecule has 1 saturated heterocycles. The fraction of sp³-hybridized carbons (Fsp3) is 0.278. The van der Waals surface area contributed by atoms with Crippen molar-refractivity contribution in [3.05, 3.63) is 46.7 Å². The lowest BCUT2D eigenvalue weighted by Gasteiger charge is -2.17. The molecule has 0 radical (unpaired) electrons. The minimum absolute atomic E-state index is 0.0868. The maximum Gasteiger partial charge on any atom is 0.227 e. The lowest BCUT2D eigenvalue weighted by Crippen LogP contribution is -2.32. The summed E-state index contributed by atoms with van der Waals surface area (Å²) in [5.41, 5.74) is 1.31. The molecule has 130 valence electrons. The molecule has 1 fully saturated rings. The van der Waals surface area contributed by atoms with Crippen molar-refractivity contribution in [1.29, 1.82) is 0 Å². The summed E-state index contributed by atoms with van der Waals surface area (Å²) in [6.45, 7) is 2.26. The minimum Gasteiger partial charge on any atom is -0.351 e. The van der Waals surface area contributed by atoms with Crippen LogP contribution < -0.4 is 15.5 Å². The topological polar surface area (TPSA) is 78.5 Å². The summed E-state index contributed by atoms with van der Waals surface area (Å²) < 4.78 is 0. The van der Waals surface area contributed by atoms with E-state index in [-0.39, 0.29) is 30.1 Å². The van der Waals surface area contributed by atoms with E-state index in [2.05, 4.69) is 10.6 Å². The van der Waals surface area contributed by atoms with E-state index in [9.17, 15) is 14.4 Å². The number of hydrogen-bond acceptors (Lipinski definition) is 4. The van der Waals surface area contributed by atoms with Gasteiger partial charge in [0, 0.05) is 36.1 Å². The van der Waals surface area contributed by atoms with E-state index in [0.29, 0.717) is 24.5 Å². The maximum absolute atomic E-state index is 12.3. The van der Waals surface area contributed by atoms with Crippen molar-refractivity contribution in [2.75, 3.05) is 16.8 Å². The first-order valence-electron chi connectivity index (χ1n) is 8.01. The van der Waals surface area contributed by atoms with Crippen LogP contribution in [0.1, 0.15) is 18.2 Å². The number of nitrogens with zero attached hydrogens (tertiary/aromatic N) is 1. The van der Waals surface area contributed by atoms with Gasteiger partial charge in [-0.25, -0.2) is 0 Å². The van der Waals surface area contributed by atoms with Gasteiger partial charge in [-0.05, 0) is 29.6 Å². The van der Waals surface area contributed by atoms with E-state index in [1.54, 1.807) is 40.5 Å². The molecule has 1 atom stereocenters. The largest absolute Gasteiger partial charge is 0.351 e. The molecule has 1 aromatic carbocycles. The van der Waals surface area contributed by atoms with Gasteiger partial charge in [-0.3, -0.25) is 14.4 Å². The number of carbonyl (C=O) groups excluding carboxylic acids is 3. The molecule has 3 amide bonds.